The molecule has 0 aliphatic carbocycles. The Morgan fingerprint density at radius 2 is 1.87 bits per heavy atom. The molecule has 2 aromatic rings. The van der Waals surface area contributed by atoms with Gasteiger partial charge >= 0.3 is 0 Å². The highest BCUT2D eigenvalue weighted by Gasteiger charge is 2.17. The Morgan fingerprint density at radius 3 is 2.57 bits per heavy atom. The lowest BCUT2D eigenvalue weighted by molar-refractivity contribution is 0.102. The zero-order valence-electron chi connectivity index (χ0n) is 13.2. The maximum Gasteiger partial charge on any atom is 0.256 e. The molecule has 2 aromatic carbocycles. The van der Waals surface area contributed by atoms with E-state index in [1.54, 1.807) is 32.4 Å². The molecule has 23 heavy (non-hydrogen) atoms. The lowest BCUT2D eigenvalue weighted by Crippen LogP contribution is -2.16. The molecular weight excluding hydrogens is 294 g/mol. The van der Waals surface area contributed by atoms with Crippen LogP contribution in [0.2, 0.25) is 0 Å². The number of carbonyl (C=O) groups excluding carboxylic acids is 1. The molecule has 5 nitrogen and oxygen atoms in total. The van der Waals surface area contributed by atoms with Gasteiger partial charge in [0.05, 0.1) is 26.5 Å². The molecule has 0 bridgehead atoms. The maximum absolute atomic E-state index is 12.6. The number of carbonyl (C=O) groups is 1. The number of aryl methyl sites for hydroxylation is 1. The molecular formula is C18H19NO4. The number of rotatable bonds is 4. The van der Waals surface area contributed by atoms with E-state index >= 15 is 0 Å². The summed E-state index contributed by atoms with van der Waals surface area (Å²) >= 11 is 0. The third kappa shape index (κ3) is 3.23. The van der Waals surface area contributed by atoms with Gasteiger partial charge in [-0.05, 0) is 36.6 Å². The minimum Gasteiger partial charge on any atom is -0.497 e. The predicted molar refractivity (Wildman–Crippen MR) is 87.8 cm³/mol. The molecule has 1 heterocycles. The second-order valence-electron chi connectivity index (χ2n) is 5.30. The lowest BCUT2D eigenvalue weighted by atomic mass is 10.1. The fourth-order valence-corrected chi connectivity index (χ4v) is 2.62. The van der Waals surface area contributed by atoms with E-state index in [1.165, 1.54) is 0 Å². The standard InChI is InChI=1S/C18H19NO4/c1-21-14-9-13(10-15(11-14)22-2)18(20)19-16-7-3-5-12-6-4-8-23-17(12)16/h3,5,7,9-11H,4,6,8H2,1-2H3,(H,19,20). The summed E-state index contributed by atoms with van der Waals surface area (Å²) in [5.41, 5.74) is 2.28. The molecule has 3 rings (SSSR count). The molecule has 120 valence electrons. The second-order valence-corrected chi connectivity index (χ2v) is 5.30. The van der Waals surface area contributed by atoms with E-state index in [4.69, 9.17) is 14.2 Å². The molecule has 0 spiro atoms. The molecule has 0 atom stereocenters. The van der Waals surface area contributed by atoms with Crippen molar-refractivity contribution in [3.05, 3.63) is 47.5 Å². The molecule has 5 heteroatoms. The van der Waals surface area contributed by atoms with Gasteiger partial charge in [-0.3, -0.25) is 4.79 Å². The van der Waals surface area contributed by atoms with E-state index in [9.17, 15) is 4.79 Å². The average Bonchev–Trinajstić information content (AvgIpc) is 2.61. The number of hydrogen-bond donors (Lipinski definition) is 1. The number of para-hydroxylation sites is 1. The SMILES string of the molecule is COc1cc(OC)cc(C(=O)Nc2cccc3c2OCCC3)c1. The zero-order valence-corrected chi connectivity index (χ0v) is 13.2. The van der Waals surface area contributed by atoms with Crippen LogP contribution in [0.5, 0.6) is 17.2 Å². The van der Waals surface area contributed by atoms with Crippen LogP contribution in [0.15, 0.2) is 36.4 Å². The number of fused-ring (bicyclic) bond motifs is 1. The van der Waals surface area contributed by atoms with E-state index in [-0.39, 0.29) is 5.91 Å². The van der Waals surface area contributed by atoms with Crippen molar-refractivity contribution in [3.8, 4) is 17.2 Å². The average molecular weight is 313 g/mol. The molecule has 0 saturated carbocycles. The summed E-state index contributed by atoms with van der Waals surface area (Å²) in [6.07, 6.45) is 1.96. The highest BCUT2D eigenvalue weighted by atomic mass is 16.5. The van der Waals surface area contributed by atoms with Gasteiger partial charge in [0.1, 0.15) is 17.2 Å². The summed E-state index contributed by atoms with van der Waals surface area (Å²) in [6.45, 7) is 0.673. The second kappa shape index (κ2) is 6.60. The minimum atomic E-state index is -0.232. The number of benzene rings is 2. The van der Waals surface area contributed by atoms with Crippen LogP contribution in [0.25, 0.3) is 0 Å². The first kappa shape index (κ1) is 15.2. The minimum absolute atomic E-state index is 0.232. The third-order valence-corrected chi connectivity index (χ3v) is 3.80. The molecule has 1 aliphatic heterocycles. The Balaban J connectivity index is 1.88. The Kier molecular flexibility index (Phi) is 4.37. The largest absolute Gasteiger partial charge is 0.497 e. The van der Waals surface area contributed by atoms with Gasteiger partial charge in [0, 0.05) is 11.6 Å². The van der Waals surface area contributed by atoms with Crippen LogP contribution in [0.1, 0.15) is 22.3 Å². The monoisotopic (exact) mass is 313 g/mol. The third-order valence-electron chi connectivity index (χ3n) is 3.80. The van der Waals surface area contributed by atoms with Gasteiger partial charge < -0.3 is 19.5 Å². The molecule has 1 aliphatic rings. The predicted octanol–water partition coefficient (Wildman–Crippen LogP) is 3.28. The summed E-state index contributed by atoms with van der Waals surface area (Å²) in [5, 5.41) is 2.91. The maximum atomic E-state index is 12.6. The summed E-state index contributed by atoms with van der Waals surface area (Å²) < 4.78 is 16.1. The van der Waals surface area contributed by atoms with Gasteiger partial charge in [0.15, 0.2) is 0 Å². The van der Waals surface area contributed by atoms with Gasteiger partial charge in [-0.25, -0.2) is 0 Å². The van der Waals surface area contributed by atoms with Gasteiger partial charge in [-0.1, -0.05) is 12.1 Å². The molecule has 0 saturated heterocycles. The van der Waals surface area contributed by atoms with Gasteiger partial charge in [-0.2, -0.15) is 0 Å². The summed E-state index contributed by atoms with van der Waals surface area (Å²) in [5.74, 6) is 1.67. The van der Waals surface area contributed by atoms with Crippen LogP contribution in [0.4, 0.5) is 5.69 Å². The fourth-order valence-electron chi connectivity index (χ4n) is 2.62. The van der Waals surface area contributed by atoms with E-state index in [0.29, 0.717) is 29.4 Å². The van der Waals surface area contributed by atoms with Gasteiger partial charge in [0.2, 0.25) is 0 Å². The Morgan fingerprint density at radius 1 is 1.13 bits per heavy atom. The van der Waals surface area contributed by atoms with E-state index < -0.39 is 0 Å². The van der Waals surface area contributed by atoms with E-state index in [1.807, 2.05) is 18.2 Å². The van der Waals surface area contributed by atoms with Crippen molar-refractivity contribution in [3.63, 3.8) is 0 Å². The molecule has 0 fully saturated rings. The van der Waals surface area contributed by atoms with Crippen LogP contribution in [0, 0.1) is 0 Å². The van der Waals surface area contributed by atoms with Crippen LogP contribution >= 0.6 is 0 Å². The van der Waals surface area contributed by atoms with Crippen molar-refractivity contribution < 1.29 is 19.0 Å². The molecule has 0 unspecified atom stereocenters. The zero-order chi connectivity index (χ0) is 16.2. The molecule has 1 N–H and O–H groups in total. The number of hydrogen-bond acceptors (Lipinski definition) is 4. The first-order valence-corrected chi connectivity index (χ1v) is 7.50. The summed E-state index contributed by atoms with van der Waals surface area (Å²) in [6, 6.07) is 10.9. The number of nitrogens with one attached hydrogen (secondary N) is 1. The number of methoxy groups -OCH3 is 2. The van der Waals surface area contributed by atoms with Gasteiger partial charge in [-0.15, -0.1) is 0 Å². The topological polar surface area (TPSA) is 56.8 Å². The van der Waals surface area contributed by atoms with Crippen LogP contribution in [-0.2, 0) is 6.42 Å². The Labute approximate surface area is 135 Å². The van der Waals surface area contributed by atoms with Crippen molar-refractivity contribution in [1.29, 1.82) is 0 Å². The van der Waals surface area contributed by atoms with Crippen LogP contribution in [-0.4, -0.2) is 26.7 Å². The van der Waals surface area contributed by atoms with Crippen molar-refractivity contribution in [2.75, 3.05) is 26.1 Å². The first-order valence-electron chi connectivity index (χ1n) is 7.50. The Bertz CT molecular complexity index is 705. The fraction of sp³-hybridized carbons (Fsp3) is 0.278. The van der Waals surface area contributed by atoms with E-state index in [0.717, 1.165) is 24.2 Å². The Hall–Kier alpha value is -2.69. The van der Waals surface area contributed by atoms with Crippen molar-refractivity contribution in [2.24, 2.45) is 0 Å². The van der Waals surface area contributed by atoms with Crippen molar-refractivity contribution in [1.82, 2.24) is 0 Å². The van der Waals surface area contributed by atoms with Crippen LogP contribution < -0.4 is 19.5 Å². The quantitative estimate of drug-likeness (QED) is 0.941. The van der Waals surface area contributed by atoms with E-state index in [2.05, 4.69) is 5.32 Å². The summed E-state index contributed by atoms with van der Waals surface area (Å²) in [7, 11) is 3.11. The van der Waals surface area contributed by atoms with Crippen molar-refractivity contribution in [2.45, 2.75) is 12.8 Å². The lowest BCUT2D eigenvalue weighted by Gasteiger charge is -2.20. The molecule has 0 aromatic heterocycles. The normalized spacial score (nSPS) is 12.8. The number of anilines is 1. The number of ether oxygens (including phenoxy) is 3. The highest BCUT2D eigenvalue weighted by molar-refractivity contribution is 6.05. The molecule has 1 amide bonds. The van der Waals surface area contributed by atoms with Crippen LogP contribution in [0.3, 0.4) is 0 Å². The first-order chi connectivity index (χ1) is 11.2. The van der Waals surface area contributed by atoms with Crippen molar-refractivity contribution >= 4 is 11.6 Å². The molecule has 0 radical (unpaired) electrons. The van der Waals surface area contributed by atoms with Gasteiger partial charge in [0.25, 0.3) is 5.91 Å². The smallest absolute Gasteiger partial charge is 0.256 e. The highest BCUT2D eigenvalue weighted by Crippen LogP contribution is 2.33. The number of amides is 1. The summed E-state index contributed by atoms with van der Waals surface area (Å²) in [4.78, 5) is 12.6.